The molecule has 0 aliphatic rings. The van der Waals surface area contributed by atoms with E-state index in [0.717, 1.165) is 14.8 Å². The zero-order chi connectivity index (χ0) is 11.7. The van der Waals surface area contributed by atoms with Crippen molar-refractivity contribution in [3.05, 3.63) is 33.9 Å². The molecule has 2 N–H and O–H groups in total. The fourth-order valence-corrected chi connectivity index (χ4v) is 3.63. The second kappa shape index (κ2) is 4.84. The Kier molecular flexibility index (Phi) is 3.64. The van der Waals surface area contributed by atoms with E-state index in [9.17, 15) is 0 Å². The van der Waals surface area contributed by atoms with Gasteiger partial charge in [-0.05, 0) is 19.1 Å². The van der Waals surface area contributed by atoms with Gasteiger partial charge in [0.1, 0.15) is 0 Å². The second-order valence-electron chi connectivity index (χ2n) is 3.08. The Bertz CT molecular complexity index is 526. The zero-order valence-electron chi connectivity index (χ0n) is 8.33. The van der Waals surface area contributed by atoms with Crippen LogP contribution in [0.5, 0.6) is 0 Å². The van der Waals surface area contributed by atoms with Crippen LogP contribution in [0, 0.1) is 6.92 Å². The molecule has 2 nitrogen and oxygen atoms in total. The Morgan fingerprint density at radius 3 is 2.75 bits per heavy atom. The first-order chi connectivity index (χ1) is 7.58. The van der Waals surface area contributed by atoms with Gasteiger partial charge in [-0.25, -0.2) is 4.98 Å². The first kappa shape index (κ1) is 12.0. The van der Waals surface area contributed by atoms with E-state index in [4.69, 9.17) is 28.9 Å². The van der Waals surface area contributed by atoms with Crippen LogP contribution in [0.2, 0.25) is 10.0 Å². The minimum absolute atomic E-state index is 0.557. The first-order valence-corrected chi connectivity index (χ1v) is 6.81. The quantitative estimate of drug-likeness (QED) is 0.886. The topological polar surface area (TPSA) is 38.9 Å². The van der Waals surface area contributed by atoms with Crippen molar-refractivity contribution in [3.8, 4) is 0 Å². The number of thiazole rings is 1. The van der Waals surface area contributed by atoms with Gasteiger partial charge in [-0.2, -0.15) is 0 Å². The summed E-state index contributed by atoms with van der Waals surface area (Å²) in [6.07, 6.45) is 0. The average molecular weight is 291 g/mol. The number of aryl methyl sites for hydroxylation is 1. The van der Waals surface area contributed by atoms with Crippen molar-refractivity contribution in [2.24, 2.45) is 0 Å². The maximum absolute atomic E-state index is 6.10. The van der Waals surface area contributed by atoms with Crippen molar-refractivity contribution in [2.45, 2.75) is 16.0 Å². The summed E-state index contributed by atoms with van der Waals surface area (Å²) in [5, 5.41) is 1.69. The van der Waals surface area contributed by atoms with Gasteiger partial charge in [0.2, 0.25) is 0 Å². The van der Waals surface area contributed by atoms with E-state index in [1.165, 1.54) is 23.1 Å². The minimum atomic E-state index is 0.557. The van der Waals surface area contributed by atoms with Crippen molar-refractivity contribution in [3.63, 3.8) is 0 Å². The largest absolute Gasteiger partial charge is 0.375 e. The van der Waals surface area contributed by atoms with Gasteiger partial charge in [-0.1, -0.05) is 52.4 Å². The van der Waals surface area contributed by atoms with Gasteiger partial charge in [-0.3, -0.25) is 0 Å². The third kappa shape index (κ3) is 2.46. The summed E-state index contributed by atoms with van der Waals surface area (Å²) in [5.74, 6) is 0. The minimum Gasteiger partial charge on any atom is -0.375 e. The Hall–Kier alpha value is -0.420. The highest BCUT2D eigenvalue weighted by Crippen LogP contribution is 2.41. The van der Waals surface area contributed by atoms with Crippen LogP contribution in [0.4, 0.5) is 5.13 Å². The number of aromatic nitrogens is 1. The number of anilines is 1. The van der Waals surface area contributed by atoms with Crippen LogP contribution in [0.25, 0.3) is 0 Å². The smallest absolute Gasteiger partial charge is 0.181 e. The average Bonchev–Trinajstić information content (AvgIpc) is 2.53. The predicted molar refractivity (Wildman–Crippen MR) is 71.8 cm³/mol. The summed E-state index contributed by atoms with van der Waals surface area (Å²) < 4.78 is 1.04. The molecule has 0 aliphatic heterocycles. The summed E-state index contributed by atoms with van der Waals surface area (Å²) in [6, 6.07) is 5.56. The zero-order valence-corrected chi connectivity index (χ0v) is 11.5. The molecule has 0 radical (unpaired) electrons. The lowest BCUT2D eigenvalue weighted by Crippen LogP contribution is -1.80. The van der Waals surface area contributed by atoms with Crippen molar-refractivity contribution in [1.29, 1.82) is 0 Å². The highest BCUT2D eigenvalue weighted by Gasteiger charge is 2.11. The second-order valence-corrected chi connectivity index (χ2v) is 6.21. The maximum atomic E-state index is 6.10. The fourth-order valence-electron chi connectivity index (χ4n) is 1.16. The number of nitrogens with zero attached hydrogens (tertiary/aromatic N) is 1. The molecular formula is C10H8Cl2N2S2. The van der Waals surface area contributed by atoms with E-state index < -0.39 is 0 Å². The summed E-state index contributed by atoms with van der Waals surface area (Å²) >= 11 is 15.0. The van der Waals surface area contributed by atoms with Crippen LogP contribution >= 0.6 is 46.3 Å². The number of halogens is 2. The van der Waals surface area contributed by atoms with Gasteiger partial charge in [0.15, 0.2) is 5.13 Å². The number of rotatable bonds is 2. The molecule has 0 unspecified atom stereocenters. The summed E-state index contributed by atoms with van der Waals surface area (Å²) in [5.41, 5.74) is 6.56. The number of nitrogen functional groups attached to an aromatic ring is 1. The molecule has 0 saturated heterocycles. The lowest BCUT2D eigenvalue weighted by Gasteiger charge is -2.03. The van der Waals surface area contributed by atoms with Crippen LogP contribution in [0.1, 0.15) is 5.69 Å². The van der Waals surface area contributed by atoms with Gasteiger partial charge in [-0.15, -0.1) is 0 Å². The Morgan fingerprint density at radius 2 is 2.12 bits per heavy atom. The highest BCUT2D eigenvalue weighted by atomic mass is 35.5. The lowest BCUT2D eigenvalue weighted by molar-refractivity contribution is 1.21. The predicted octanol–water partition coefficient (Wildman–Crippen LogP) is 4.49. The molecule has 2 aromatic rings. The van der Waals surface area contributed by atoms with Crippen LogP contribution in [0.3, 0.4) is 0 Å². The monoisotopic (exact) mass is 290 g/mol. The van der Waals surface area contributed by atoms with Crippen molar-refractivity contribution in [1.82, 2.24) is 4.98 Å². The molecule has 2 rings (SSSR count). The van der Waals surface area contributed by atoms with Crippen LogP contribution in [-0.2, 0) is 0 Å². The molecule has 0 atom stereocenters. The van der Waals surface area contributed by atoms with Gasteiger partial charge >= 0.3 is 0 Å². The Morgan fingerprint density at radius 1 is 1.38 bits per heavy atom. The molecule has 1 aromatic heterocycles. The van der Waals surface area contributed by atoms with Gasteiger partial charge < -0.3 is 5.73 Å². The van der Waals surface area contributed by atoms with E-state index in [1.54, 1.807) is 6.07 Å². The molecule has 1 heterocycles. The van der Waals surface area contributed by atoms with Crippen LogP contribution in [-0.4, -0.2) is 4.98 Å². The lowest BCUT2D eigenvalue weighted by atomic mass is 10.4. The summed E-state index contributed by atoms with van der Waals surface area (Å²) in [6.45, 7) is 1.92. The number of nitrogens with two attached hydrogens (primary N) is 1. The molecular weight excluding hydrogens is 283 g/mol. The van der Waals surface area contributed by atoms with Crippen molar-refractivity contribution < 1.29 is 0 Å². The third-order valence-electron chi connectivity index (χ3n) is 1.89. The van der Waals surface area contributed by atoms with Gasteiger partial charge in [0.25, 0.3) is 0 Å². The summed E-state index contributed by atoms with van der Waals surface area (Å²) in [4.78, 5) is 5.08. The number of hydrogen-bond acceptors (Lipinski definition) is 4. The fraction of sp³-hybridized carbons (Fsp3) is 0.100. The van der Waals surface area contributed by atoms with E-state index in [-0.39, 0.29) is 0 Å². The van der Waals surface area contributed by atoms with Gasteiger partial charge in [0, 0.05) is 4.90 Å². The molecule has 0 saturated carbocycles. The molecule has 16 heavy (non-hydrogen) atoms. The first-order valence-electron chi connectivity index (χ1n) is 4.42. The Balaban J connectivity index is 2.34. The SMILES string of the molecule is Cc1nc(N)sc1Sc1cccc(Cl)c1Cl. The molecule has 0 amide bonds. The van der Waals surface area contributed by atoms with Crippen LogP contribution in [0.15, 0.2) is 27.3 Å². The standard InChI is InChI=1S/C10H8Cl2N2S2/c1-5-9(16-10(13)14-5)15-7-4-2-3-6(11)8(7)12/h2-4H,1H3,(H2,13,14). The molecule has 1 aromatic carbocycles. The van der Waals surface area contributed by atoms with Crippen molar-refractivity contribution >= 4 is 51.4 Å². The molecule has 0 fully saturated rings. The van der Waals surface area contributed by atoms with E-state index in [2.05, 4.69) is 4.98 Å². The Labute approximate surface area is 112 Å². The van der Waals surface area contributed by atoms with E-state index in [0.29, 0.717) is 15.2 Å². The third-order valence-corrected chi connectivity index (χ3v) is 5.14. The highest BCUT2D eigenvalue weighted by molar-refractivity contribution is 8.01. The molecule has 0 bridgehead atoms. The summed E-state index contributed by atoms with van der Waals surface area (Å²) in [7, 11) is 0. The molecule has 6 heteroatoms. The van der Waals surface area contributed by atoms with Crippen LogP contribution < -0.4 is 5.73 Å². The van der Waals surface area contributed by atoms with Gasteiger partial charge in [0.05, 0.1) is 19.9 Å². The number of benzene rings is 1. The van der Waals surface area contributed by atoms with E-state index in [1.807, 2.05) is 19.1 Å². The van der Waals surface area contributed by atoms with Crippen molar-refractivity contribution in [2.75, 3.05) is 5.73 Å². The molecule has 0 spiro atoms. The molecule has 84 valence electrons. The van der Waals surface area contributed by atoms with E-state index >= 15 is 0 Å². The maximum Gasteiger partial charge on any atom is 0.181 e. The number of hydrogen-bond donors (Lipinski definition) is 1. The molecule has 0 aliphatic carbocycles. The normalized spacial score (nSPS) is 10.7.